The highest BCUT2D eigenvalue weighted by atomic mass is 16.6. The summed E-state index contributed by atoms with van der Waals surface area (Å²) in [5, 5.41) is 0. The second kappa shape index (κ2) is 4.97. The Balaban J connectivity index is 3.92. The number of hydrogen-bond acceptors (Lipinski definition) is 3. The highest BCUT2D eigenvalue weighted by Gasteiger charge is 2.24. The van der Waals surface area contributed by atoms with Crippen LogP contribution in [0.1, 0.15) is 48.5 Å². The maximum absolute atomic E-state index is 11.5. The highest BCUT2D eigenvalue weighted by Crippen LogP contribution is 2.16. The van der Waals surface area contributed by atoms with E-state index in [0.29, 0.717) is 6.61 Å². The summed E-state index contributed by atoms with van der Waals surface area (Å²) < 4.78 is 10.8. The fourth-order valence-corrected chi connectivity index (χ4v) is 1.05. The van der Waals surface area contributed by atoms with E-state index in [1.54, 1.807) is 0 Å². The second-order valence-corrected chi connectivity index (χ2v) is 5.89. The van der Waals surface area contributed by atoms with E-state index in [4.69, 9.17) is 9.47 Å². The smallest absolute Gasteiger partial charge is 0.311 e. The van der Waals surface area contributed by atoms with Crippen molar-refractivity contribution < 1.29 is 14.3 Å². The lowest BCUT2D eigenvalue weighted by atomic mass is 9.97. The Bertz CT molecular complexity index is 208. The number of carbonyl (C=O) groups excluding carboxylic acids is 1. The van der Waals surface area contributed by atoms with Crippen LogP contribution < -0.4 is 0 Å². The predicted octanol–water partition coefficient (Wildman–Crippen LogP) is 2.78. The van der Waals surface area contributed by atoms with Gasteiger partial charge in [0, 0.05) is 0 Å². The number of hydrogen-bond donors (Lipinski definition) is 0. The van der Waals surface area contributed by atoms with Crippen molar-refractivity contribution in [3.63, 3.8) is 0 Å². The minimum absolute atomic E-state index is 0.0729. The Kier molecular flexibility index (Phi) is 4.78. The average Bonchev–Trinajstić information content (AvgIpc) is 1.94. The highest BCUT2D eigenvalue weighted by molar-refractivity contribution is 5.75. The molecule has 0 aliphatic carbocycles. The lowest BCUT2D eigenvalue weighted by molar-refractivity contribution is -0.160. The summed E-state index contributed by atoms with van der Waals surface area (Å²) in [6, 6.07) is 0. The van der Waals surface area contributed by atoms with E-state index in [1.165, 1.54) is 0 Å². The molecular formula is C12H24O3. The zero-order valence-electron chi connectivity index (χ0n) is 11.0. The topological polar surface area (TPSA) is 35.5 Å². The van der Waals surface area contributed by atoms with Crippen LogP contribution in [0.15, 0.2) is 0 Å². The molecule has 0 heterocycles. The summed E-state index contributed by atoms with van der Waals surface area (Å²) in [6.07, 6.45) is -0.0729. The van der Waals surface area contributed by atoms with Gasteiger partial charge in [-0.15, -0.1) is 0 Å². The molecule has 0 saturated heterocycles. The van der Waals surface area contributed by atoms with Gasteiger partial charge in [-0.2, -0.15) is 0 Å². The number of rotatable bonds is 3. The van der Waals surface area contributed by atoms with E-state index in [1.807, 2.05) is 48.5 Å². The molecule has 1 atom stereocenters. The van der Waals surface area contributed by atoms with Crippen molar-refractivity contribution in [3.8, 4) is 0 Å². The van der Waals surface area contributed by atoms with Crippen molar-refractivity contribution in [3.05, 3.63) is 0 Å². The van der Waals surface area contributed by atoms with Crippen LogP contribution in [-0.2, 0) is 14.3 Å². The van der Waals surface area contributed by atoms with Crippen molar-refractivity contribution in [1.29, 1.82) is 0 Å². The van der Waals surface area contributed by atoms with Gasteiger partial charge in [-0.3, -0.25) is 4.79 Å². The number of ether oxygens (including phenoxy) is 2. The van der Waals surface area contributed by atoms with E-state index >= 15 is 0 Å². The van der Waals surface area contributed by atoms with Gasteiger partial charge in [-0.05, 0) is 48.5 Å². The Morgan fingerprint density at radius 3 is 1.93 bits per heavy atom. The molecule has 1 unspecified atom stereocenters. The first-order chi connectivity index (χ1) is 6.52. The Morgan fingerprint density at radius 2 is 1.60 bits per heavy atom. The summed E-state index contributed by atoms with van der Waals surface area (Å²) in [5.74, 6) is -0.188. The molecule has 90 valence electrons. The van der Waals surface area contributed by atoms with Gasteiger partial charge in [0.05, 0.1) is 17.1 Å². The van der Waals surface area contributed by atoms with E-state index in [9.17, 15) is 4.79 Å². The van der Waals surface area contributed by atoms with Gasteiger partial charge in [0.15, 0.2) is 0 Å². The molecule has 3 nitrogen and oxygen atoms in total. The molecule has 0 N–H and O–H groups in total. The molecule has 0 aliphatic rings. The van der Waals surface area contributed by atoms with Gasteiger partial charge in [0.2, 0.25) is 0 Å². The summed E-state index contributed by atoms with van der Waals surface area (Å²) in [5.41, 5.74) is -0.644. The van der Waals surface area contributed by atoms with E-state index in [2.05, 4.69) is 0 Å². The monoisotopic (exact) mass is 216 g/mol. The third-order valence-electron chi connectivity index (χ3n) is 1.62. The van der Waals surface area contributed by atoms with Crippen molar-refractivity contribution in [2.45, 2.75) is 60.2 Å². The molecule has 0 aromatic carbocycles. The van der Waals surface area contributed by atoms with Crippen LogP contribution in [0.4, 0.5) is 0 Å². The molecule has 0 spiro atoms. The minimum atomic E-state index is -0.443. The predicted molar refractivity (Wildman–Crippen MR) is 60.7 cm³/mol. The third-order valence-corrected chi connectivity index (χ3v) is 1.62. The van der Waals surface area contributed by atoms with E-state index in [-0.39, 0.29) is 17.7 Å². The zero-order valence-corrected chi connectivity index (χ0v) is 11.0. The van der Waals surface area contributed by atoms with Gasteiger partial charge in [-0.25, -0.2) is 0 Å². The first-order valence-electron chi connectivity index (χ1n) is 5.37. The number of carbonyl (C=O) groups is 1. The molecule has 0 aromatic heterocycles. The van der Waals surface area contributed by atoms with Crippen molar-refractivity contribution >= 4 is 5.97 Å². The molecule has 0 fully saturated rings. The summed E-state index contributed by atoms with van der Waals surface area (Å²) >= 11 is 0. The first-order valence-corrected chi connectivity index (χ1v) is 5.37. The van der Waals surface area contributed by atoms with Crippen molar-refractivity contribution in [1.82, 2.24) is 0 Å². The Morgan fingerprint density at radius 1 is 1.13 bits per heavy atom. The molecule has 0 bridgehead atoms. The average molecular weight is 216 g/mol. The van der Waals surface area contributed by atoms with E-state index in [0.717, 1.165) is 0 Å². The van der Waals surface area contributed by atoms with Crippen LogP contribution in [0.25, 0.3) is 0 Å². The molecule has 0 saturated carbocycles. The summed E-state index contributed by atoms with van der Waals surface area (Å²) in [6.45, 7) is 13.7. The molecule has 0 amide bonds. The van der Waals surface area contributed by atoms with Gasteiger partial charge >= 0.3 is 5.97 Å². The van der Waals surface area contributed by atoms with Crippen molar-refractivity contribution in [2.24, 2.45) is 5.41 Å². The normalized spacial score (nSPS) is 14.9. The van der Waals surface area contributed by atoms with Crippen LogP contribution in [0.5, 0.6) is 0 Å². The molecular weight excluding hydrogens is 192 g/mol. The van der Waals surface area contributed by atoms with Gasteiger partial charge in [0.25, 0.3) is 0 Å². The number of esters is 1. The van der Waals surface area contributed by atoms with Gasteiger partial charge < -0.3 is 9.47 Å². The van der Waals surface area contributed by atoms with Crippen LogP contribution in [0.3, 0.4) is 0 Å². The fourth-order valence-electron chi connectivity index (χ4n) is 1.05. The summed E-state index contributed by atoms with van der Waals surface area (Å²) in [7, 11) is 0. The van der Waals surface area contributed by atoms with Crippen LogP contribution >= 0.6 is 0 Å². The first kappa shape index (κ1) is 14.4. The molecule has 3 heteroatoms. The third kappa shape index (κ3) is 7.37. The summed E-state index contributed by atoms with van der Waals surface area (Å²) in [4.78, 5) is 11.5. The lowest BCUT2D eigenvalue weighted by Crippen LogP contribution is -2.31. The molecule has 15 heavy (non-hydrogen) atoms. The molecule has 0 aromatic rings. The van der Waals surface area contributed by atoms with Gasteiger partial charge in [-0.1, -0.05) is 0 Å². The Hall–Kier alpha value is -0.570. The molecule has 0 radical (unpaired) electrons. The Labute approximate surface area is 93.1 Å². The second-order valence-electron chi connectivity index (χ2n) is 5.89. The van der Waals surface area contributed by atoms with Crippen LogP contribution in [-0.4, -0.2) is 24.3 Å². The standard InChI is InChI=1S/C12H24O3/c1-9(15-12(5,6)7)8-14-10(13)11(2,3)4/h9H,8H2,1-7H3. The minimum Gasteiger partial charge on any atom is -0.463 e. The molecule has 0 aliphatic heterocycles. The van der Waals surface area contributed by atoms with E-state index < -0.39 is 5.41 Å². The van der Waals surface area contributed by atoms with Gasteiger partial charge in [0.1, 0.15) is 6.61 Å². The largest absolute Gasteiger partial charge is 0.463 e. The zero-order chi connectivity index (χ0) is 12.3. The van der Waals surface area contributed by atoms with Crippen molar-refractivity contribution in [2.75, 3.05) is 6.61 Å². The maximum atomic E-state index is 11.5. The fraction of sp³-hybridized carbons (Fsp3) is 0.917. The maximum Gasteiger partial charge on any atom is 0.311 e. The lowest BCUT2D eigenvalue weighted by Gasteiger charge is -2.26. The molecule has 0 rings (SSSR count). The van der Waals surface area contributed by atoms with Crippen LogP contribution in [0.2, 0.25) is 0 Å². The SMILES string of the molecule is CC(COC(=O)C(C)(C)C)OC(C)(C)C. The quantitative estimate of drug-likeness (QED) is 0.680. The van der Waals surface area contributed by atoms with Crippen LogP contribution in [0, 0.1) is 5.41 Å².